The van der Waals surface area contributed by atoms with Gasteiger partial charge in [0.25, 0.3) is 0 Å². The zero-order chi connectivity index (χ0) is 15.6. The molecule has 0 amide bonds. The molecule has 0 saturated carbocycles. The molecular formula is C16H24ClIN4O. The van der Waals surface area contributed by atoms with Crippen LogP contribution in [0.4, 0.5) is 0 Å². The summed E-state index contributed by atoms with van der Waals surface area (Å²) in [5.41, 5.74) is 2.61. The Hall–Kier alpha value is -0.860. The van der Waals surface area contributed by atoms with Crippen molar-refractivity contribution in [3.05, 3.63) is 40.7 Å². The van der Waals surface area contributed by atoms with Crippen molar-refractivity contribution in [3.8, 4) is 0 Å². The van der Waals surface area contributed by atoms with Crippen molar-refractivity contribution in [2.45, 2.75) is 19.3 Å². The van der Waals surface area contributed by atoms with Crippen LogP contribution < -0.4 is 10.6 Å². The predicted octanol–water partition coefficient (Wildman–Crippen LogP) is 2.80. The molecule has 0 bridgehead atoms. The van der Waals surface area contributed by atoms with E-state index in [1.165, 1.54) is 5.57 Å². The molecule has 2 N–H and O–H groups in total. The van der Waals surface area contributed by atoms with Crippen LogP contribution in [0.1, 0.15) is 18.4 Å². The van der Waals surface area contributed by atoms with Gasteiger partial charge >= 0.3 is 0 Å². The highest BCUT2D eigenvalue weighted by Gasteiger charge is 2.04. The monoisotopic (exact) mass is 450 g/mol. The smallest absolute Gasteiger partial charge is 0.190 e. The van der Waals surface area contributed by atoms with Gasteiger partial charge in [0.2, 0.25) is 0 Å². The highest BCUT2D eigenvalue weighted by atomic mass is 127. The van der Waals surface area contributed by atoms with Crippen LogP contribution in [0, 0.1) is 0 Å². The van der Waals surface area contributed by atoms with Crippen molar-refractivity contribution in [2.24, 2.45) is 4.99 Å². The summed E-state index contributed by atoms with van der Waals surface area (Å²) in [4.78, 5) is 8.30. The predicted molar refractivity (Wildman–Crippen MR) is 106 cm³/mol. The normalized spacial score (nSPS) is 14.7. The fourth-order valence-corrected chi connectivity index (χ4v) is 2.35. The topological polar surface area (TPSA) is 58.5 Å². The molecule has 0 saturated heterocycles. The first-order chi connectivity index (χ1) is 10.8. The number of halogens is 2. The van der Waals surface area contributed by atoms with E-state index in [1.807, 2.05) is 12.1 Å². The Morgan fingerprint density at radius 3 is 2.70 bits per heavy atom. The number of hydrogen-bond donors (Lipinski definition) is 2. The van der Waals surface area contributed by atoms with E-state index >= 15 is 0 Å². The van der Waals surface area contributed by atoms with Gasteiger partial charge in [-0.3, -0.25) is 4.99 Å². The molecule has 2 rings (SSSR count). The first-order valence-electron chi connectivity index (χ1n) is 7.58. The number of pyridine rings is 1. The molecule has 0 spiro atoms. The van der Waals surface area contributed by atoms with Crippen LogP contribution in [-0.2, 0) is 11.2 Å². The van der Waals surface area contributed by atoms with Crippen molar-refractivity contribution >= 4 is 41.5 Å². The zero-order valence-electron chi connectivity index (χ0n) is 13.3. The SMILES string of the molecule is CN=C(NCCC1=CCOCC1)NCCc1ccc(Cl)nc1.I. The van der Waals surface area contributed by atoms with Gasteiger partial charge in [-0.05, 0) is 30.9 Å². The van der Waals surface area contributed by atoms with E-state index in [0.29, 0.717) is 5.15 Å². The third-order valence-corrected chi connectivity index (χ3v) is 3.74. The van der Waals surface area contributed by atoms with Crippen molar-refractivity contribution in [1.82, 2.24) is 15.6 Å². The van der Waals surface area contributed by atoms with Crippen LogP contribution in [0.15, 0.2) is 35.0 Å². The van der Waals surface area contributed by atoms with Gasteiger partial charge in [-0.1, -0.05) is 29.3 Å². The lowest BCUT2D eigenvalue weighted by Crippen LogP contribution is -2.38. The molecule has 2 heterocycles. The number of aromatic nitrogens is 1. The first kappa shape index (κ1) is 20.2. The maximum Gasteiger partial charge on any atom is 0.190 e. The first-order valence-corrected chi connectivity index (χ1v) is 7.96. The molecule has 0 fully saturated rings. The largest absolute Gasteiger partial charge is 0.377 e. The Labute approximate surface area is 160 Å². The van der Waals surface area contributed by atoms with Gasteiger partial charge in [0.05, 0.1) is 13.2 Å². The minimum Gasteiger partial charge on any atom is -0.377 e. The number of ether oxygens (including phenoxy) is 1. The Bertz CT molecular complexity index is 519. The quantitative estimate of drug-likeness (QED) is 0.230. The van der Waals surface area contributed by atoms with Gasteiger partial charge in [-0.2, -0.15) is 0 Å². The van der Waals surface area contributed by atoms with Gasteiger partial charge in [0.15, 0.2) is 5.96 Å². The number of nitrogens with zero attached hydrogens (tertiary/aromatic N) is 2. The Balaban J connectivity index is 0.00000264. The molecular weight excluding hydrogens is 427 g/mol. The molecule has 0 aliphatic carbocycles. The van der Waals surface area contributed by atoms with E-state index in [1.54, 1.807) is 13.2 Å². The van der Waals surface area contributed by atoms with Crippen LogP contribution in [0.25, 0.3) is 0 Å². The molecule has 0 aromatic carbocycles. The molecule has 23 heavy (non-hydrogen) atoms. The summed E-state index contributed by atoms with van der Waals surface area (Å²) < 4.78 is 5.30. The summed E-state index contributed by atoms with van der Waals surface area (Å²) >= 11 is 5.77. The van der Waals surface area contributed by atoms with E-state index in [0.717, 1.165) is 57.1 Å². The molecule has 0 unspecified atom stereocenters. The molecule has 7 heteroatoms. The fourth-order valence-electron chi connectivity index (χ4n) is 2.23. The van der Waals surface area contributed by atoms with Gasteiger partial charge in [0, 0.05) is 26.3 Å². The third kappa shape index (κ3) is 7.99. The second kappa shape index (κ2) is 11.6. The fraction of sp³-hybridized carbons (Fsp3) is 0.500. The summed E-state index contributed by atoms with van der Waals surface area (Å²) in [5.74, 6) is 0.828. The Morgan fingerprint density at radius 1 is 1.30 bits per heavy atom. The van der Waals surface area contributed by atoms with Crippen LogP contribution in [0.3, 0.4) is 0 Å². The summed E-state index contributed by atoms with van der Waals surface area (Å²) in [5, 5.41) is 7.16. The van der Waals surface area contributed by atoms with Crippen molar-refractivity contribution < 1.29 is 4.74 Å². The van der Waals surface area contributed by atoms with Gasteiger partial charge < -0.3 is 15.4 Å². The number of rotatable bonds is 6. The van der Waals surface area contributed by atoms with E-state index in [-0.39, 0.29) is 24.0 Å². The van der Waals surface area contributed by atoms with Gasteiger partial charge in [-0.25, -0.2) is 4.98 Å². The lowest BCUT2D eigenvalue weighted by atomic mass is 10.1. The highest BCUT2D eigenvalue weighted by Crippen LogP contribution is 2.10. The zero-order valence-corrected chi connectivity index (χ0v) is 16.4. The molecule has 1 aliphatic rings. The average Bonchev–Trinajstić information content (AvgIpc) is 2.56. The summed E-state index contributed by atoms with van der Waals surface area (Å²) in [6.45, 7) is 3.28. The van der Waals surface area contributed by atoms with E-state index in [4.69, 9.17) is 16.3 Å². The van der Waals surface area contributed by atoms with E-state index in [9.17, 15) is 0 Å². The van der Waals surface area contributed by atoms with E-state index < -0.39 is 0 Å². The second-order valence-electron chi connectivity index (χ2n) is 5.10. The average molecular weight is 451 g/mol. The van der Waals surface area contributed by atoms with Crippen molar-refractivity contribution in [2.75, 3.05) is 33.4 Å². The third-order valence-electron chi connectivity index (χ3n) is 3.51. The van der Waals surface area contributed by atoms with Crippen LogP contribution in [0.2, 0.25) is 5.15 Å². The lowest BCUT2D eigenvalue weighted by molar-refractivity contribution is 0.153. The number of guanidine groups is 1. The number of nitrogens with one attached hydrogen (secondary N) is 2. The number of hydrogen-bond acceptors (Lipinski definition) is 3. The van der Waals surface area contributed by atoms with Gasteiger partial charge in [-0.15, -0.1) is 24.0 Å². The minimum atomic E-state index is 0. The Kier molecular flexibility index (Phi) is 10.2. The minimum absolute atomic E-state index is 0. The van der Waals surface area contributed by atoms with Crippen molar-refractivity contribution in [3.63, 3.8) is 0 Å². The van der Waals surface area contributed by atoms with E-state index in [2.05, 4.69) is 26.7 Å². The van der Waals surface area contributed by atoms with Crippen LogP contribution in [0.5, 0.6) is 0 Å². The van der Waals surface area contributed by atoms with Crippen molar-refractivity contribution in [1.29, 1.82) is 0 Å². The molecule has 1 aromatic rings. The number of aliphatic imine (C=N–C) groups is 1. The van der Waals surface area contributed by atoms with Crippen LogP contribution in [-0.4, -0.2) is 44.3 Å². The highest BCUT2D eigenvalue weighted by molar-refractivity contribution is 14.0. The lowest BCUT2D eigenvalue weighted by Gasteiger charge is -2.15. The molecule has 5 nitrogen and oxygen atoms in total. The van der Waals surface area contributed by atoms with Crippen LogP contribution >= 0.6 is 35.6 Å². The van der Waals surface area contributed by atoms with Gasteiger partial charge in [0.1, 0.15) is 5.15 Å². The maximum atomic E-state index is 5.77. The summed E-state index contributed by atoms with van der Waals surface area (Å²) in [6.07, 6.45) is 6.93. The molecule has 128 valence electrons. The molecule has 0 atom stereocenters. The molecule has 0 radical (unpaired) electrons. The second-order valence-corrected chi connectivity index (χ2v) is 5.49. The Morgan fingerprint density at radius 2 is 2.09 bits per heavy atom. The standard InChI is InChI=1S/C16H23ClN4O.HI/c1-18-16(19-8-4-13-6-10-22-11-7-13)20-9-5-14-2-3-15(17)21-12-14;/h2-3,6,12H,4-5,7-11H2,1H3,(H2,18,19,20);1H. The molecule has 1 aliphatic heterocycles. The summed E-state index contributed by atoms with van der Waals surface area (Å²) in [6, 6.07) is 3.80. The maximum absolute atomic E-state index is 5.77. The molecule has 1 aromatic heterocycles. The summed E-state index contributed by atoms with van der Waals surface area (Å²) in [7, 11) is 1.78.